The van der Waals surface area contributed by atoms with Crippen LogP contribution in [0.3, 0.4) is 0 Å². The predicted molar refractivity (Wildman–Crippen MR) is 87.2 cm³/mol. The molecule has 0 spiro atoms. The fraction of sp³-hybridized carbons (Fsp3) is 0.250. The maximum absolute atomic E-state index is 6.02. The molecule has 0 bridgehead atoms. The number of halogens is 2. The van der Waals surface area contributed by atoms with Crippen molar-refractivity contribution in [3.8, 4) is 0 Å². The molecular formula is C12H14Cl2N4S. The maximum Gasteiger partial charge on any atom is 0.210 e. The summed E-state index contributed by atoms with van der Waals surface area (Å²) in [4.78, 5) is 5.97. The Balaban J connectivity index is 2.86. The first-order valence-electron chi connectivity index (χ1n) is 5.34. The molecule has 0 fully saturated rings. The third-order valence-electron chi connectivity index (χ3n) is 1.91. The Morgan fingerprint density at radius 2 is 1.89 bits per heavy atom. The Morgan fingerprint density at radius 1 is 1.26 bits per heavy atom. The number of rotatable bonds is 3. The normalized spacial score (nSPS) is 12.6. The molecular weight excluding hydrogens is 303 g/mol. The third-order valence-corrected chi connectivity index (χ3v) is 3.12. The van der Waals surface area contributed by atoms with E-state index in [1.807, 2.05) is 25.3 Å². The lowest BCUT2D eigenvalue weighted by Gasteiger charge is -2.01. The van der Waals surface area contributed by atoms with Gasteiger partial charge < -0.3 is 4.90 Å². The van der Waals surface area contributed by atoms with Gasteiger partial charge in [-0.3, -0.25) is 0 Å². The minimum Gasteiger partial charge on any atom is -0.369 e. The van der Waals surface area contributed by atoms with Gasteiger partial charge in [-0.15, -0.1) is 5.10 Å². The van der Waals surface area contributed by atoms with E-state index in [4.69, 9.17) is 23.2 Å². The van der Waals surface area contributed by atoms with Crippen molar-refractivity contribution in [2.24, 2.45) is 15.2 Å². The van der Waals surface area contributed by atoms with E-state index >= 15 is 0 Å². The Morgan fingerprint density at radius 3 is 2.42 bits per heavy atom. The Bertz CT molecular complexity index is 492. The summed E-state index contributed by atoms with van der Waals surface area (Å²) >= 11 is 13.4. The smallest absolute Gasteiger partial charge is 0.210 e. The van der Waals surface area contributed by atoms with Crippen LogP contribution in [0.5, 0.6) is 0 Å². The summed E-state index contributed by atoms with van der Waals surface area (Å²) in [6.07, 6.45) is 5.06. The molecule has 4 nitrogen and oxygen atoms in total. The molecule has 1 aromatic rings. The zero-order valence-electron chi connectivity index (χ0n) is 10.8. The summed E-state index contributed by atoms with van der Waals surface area (Å²) in [5.74, 6) is 0. The SMILES string of the molecule is CSC(=N\N=C\c1c(Cl)cccc1Cl)/N=C/N(C)C. The van der Waals surface area contributed by atoms with Gasteiger partial charge in [0.25, 0.3) is 0 Å². The fourth-order valence-corrected chi connectivity index (χ4v) is 1.83. The van der Waals surface area contributed by atoms with Crippen LogP contribution in [-0.4, -0.2) is 43.0 Å². The average molecular weight is 317 g/mol. The van der Waals surface area contributed by atoms with Gasteiger partial charge in [-0.1, -0.05) is 41.0 Å². The monoisotopic (exact) mass is 316 g/mol. The van der Waals surface area contributed by atoms with Gasteiger partial charge in [-0.2, -0.15) is 5.10 Å². The van der Waals surface area contributed by atoms with E-state index < -0.39 is 0 Å². The predicted octanol–water partition coefficient (Wildman–Crippen LogP) is 3.64. The zero-order chi connectivity index (χ0) is 14.3. The summed E-state index contributed by atoms with van der Waals surface area (Å²) in [5, 5.41) is 9.57. The number of aliphatic imine (C=N–C) groups is 1. The molecule has 0 aromatic heterocycles. The second kappa shape index (κ2) is 8.19. The van der Waals surface area contributed by atoms with Gasteiger partial charge >= 0.3 is 0 Å². The van der Waals surface area contributed by atoms with Crippen LogP contribution in [0, 0.1) is 0 Å². The minimum absolute atomic E-state index is 0.536. The van der Waals surface area contributed by atoms with Gasteiger partial charge in [0.1, 0.15) is 0 Å². The highest BCUT2D eigenvalue weighted by atomic mass is 35.5. The lowest BCUT2D eigenvalue weighted by Crippen LogP contribution is -2.08. The summed E-state index contributed by atoms with van der Waals surface area (Å²) in [6, 6.07) is 5.27. The molecule has 102 valence electrons. The molecule has 0 amide bonds. The van der Waals surface area contributed by atoms with Crippen molar-refractivity contribution in [2.45, 2.75) is 0 Å². The molecule has 0 heterocycles. The second-order valence-corrected chi connectivity index (χ2v) is 5.26. The molecule has 1 aromatic carbocycles. The van der Waals surface area contributed by atoms with Crippen LogP contribution in [0.2, 0.25) is 10.0 Å². The number of hydrogen-bond acceptors (Lipinski definition) is 3. The molecule has 19 heavy (non-hydrogen) atoms. The van der Waals surface area contributed by atoms with Crippen molar-refractivity contribution in [2.75, 3.05) is 20.4 Å². The van der Waals surface area contributed by atoms with Gasteiger partial charge in [0.15, 0.2) is 0 Å². The van der Waals surface area contributed by atoms with E-state index in [2.05, 4.69) is 15.2 Å². The minimum atomic E-state index is 0.536. The summed E-state index contributed by atoms with van der Waals surface area (Å²) in [7, 11) is 3.77. The van der Waals surface area contributed by atoms with Gasteiger partial charge in [0.2, 0.25) is 5.17 Å². The van der Waals surface area contributed by atoms with Crippen LogP contribution in [0.15, 0.2) is 33.4 Å². The van der Waals surface area contributed by atoms with E-state index in [0.29, 0.717) is 20.8 Å². The molecule has 0 unspecified atom stereocenters. The highest BCUT2D eigenvalue weighted by Gasteiger charge is 2.01. The molecule has 0 atom stereocenters. The molecule has 0 aliphatic rings. The lowest BCUT2D eigenvalue weighted by molar-refractivity contribution is 0.644. The van der Waals surface area contributed by atoms with E-state index in [1.54, 1.807) is 24.5 Å². The molecule has 7 heteroatoms. The van der Waals surface area contributed by atoms with Crippen molar-refractivity contribution < 1.29 is 0 Å². The van der Waals surface area contributed by atoms with Crippen LogP contribution in [0.1, 0.15) is 5.56 Å². The first-order valence-corrected chi connectivity index (χ1v) is 7.32. The summed E-state index contributed by atoms with van der Waals surface area (Å²) in [6.45, 7) is 0. The van der Waals surface area contributed by atoms with Gasteiger partial charge in [0, 0.05) is 19.7 Å². The van der Waals surface area contributed by atoms with Crippen LogP contribution in [0.25, 0.3) is 0 Å². The number of hydrogen-bond donors (Lipinski definition) is 0. The lowest BCUT2D eigenvalue weighted by atomic mass is 10.2. The van der Waals surface area contributed by atoms with Crippen molar-refractivity contribution in [3.63, 3.8) is 0 Å². The molecule has 0 aliphatic heterocycles. The van der Waals surface area contributed by atoms with Gasteiger partial charge in [-0.05, 0) is 18.4 Å². The van der Waals surface area contributed by atoms with E-state index in [9.17, 15) is 0 Å². The van der Waals surface area contributed by atoms with Crippen LogP contribution in [-0.2, 0) is 0 Å². The maximum atomic E-state index is 6.02. The summed E-state index contributed by atoms with van der Waals surface area (Å²) < 4.78 is 0. The number of thioether (sulfide) groups is 1. The first kappa shape index (κ1) is 16.0. The fourth-order valence-electron chi connectivity index (χ4n) is 1.05. The van der Waals surface area contributed by atoms with Gasteiger partial charge in [0.05, 0.1) is 22.6 Å². The quantitative estimate of drug-likeness (QED) is 0.485. The molecule has 0 N–H and O–H groups in total. The van der Waals surface area contributed by atoms with Crippen LogP contribution < -0.4 is 0 Å². The van der Waals surface area contributed by atoms with Crippen molar-refractivity contribution >= 4 is 52.7 Å². The van der Waals surface area contributed by atoms with Crippen molar-refractivity contribution in [1.29, 1.82) is 0 Å². The highest BCUT2D eigenvalue weighted by Crippen LogP contribution is 2.22. The Labute approximate surface area is 127 Å². The van der Waals surface area contributed by atoms with Gasteiger partial charge in [-0.25, -0.2) is 4.99 Å². The Hall–Kier alpha value is -1.04. The molecule has 0 saturated carbocycles. The number of nitrogens with zero attached hydrogens (tertiary/aromatic N) is 4. The highest BCUT2D eigenvalue weighted by molar-refractivity contribution is 8.13. The largest absolute Gasteiger partial charge is 0.369 e. The molecule has 0 aliphatic carbocycles. The Kier molecular flexibility index (Phi) is 6.91. The first-order chi connectivity index (χ1) is 9.04. The third kappa shape index (κ3) is 5.63. The topological polar surface area (TPSA) is 40.3 Å². The van der Waals surface area contributed by atoms with E-state index in [-0.39, 0.29) is 0 Å². The van der Waals surface area contributed by atoms with Crippen molar-refractivity contribution in [1.82, 2.24) is 4.90 Å². The second-order valence-electron chi connectivity index (χ2n) is 3.67. The van der Waals surface area contributed by atoms with E-state index in [0.717, 1.165) is 0 Å². The van der Waals surface area contributed by atoms with Crippen LogP contribution in [0.4, 0.5) is 0 Å². The number of benzene rings is 1. The van der Waals surface area contributed by atoms with Crippen molar-refractivity contribution in [3.05, 3.63) is 33.8 Å². The number of amidine groups is 1. The summed E-state index contributed by atoms with van der Waals surface area (Å²) in [5.41, 5.74) is 0.645. The molecule has 0 saturated heterocycles. The van der Waals surface area contributed by atoms with Crippen LogP contribution >= 0.6 is 35.0 Å². The average Bonchev–Trinajstić information content (AvgIpc) is 2.36. The molecule has 1 rings (SSSR count). The zero-order valence-corrected chi connectivity index (χ0v) is 13.2. The van der Waals surface area contributed by atoms with E-state index in [1.165, 1.54) is 18.0 Å². The molecule has 0 radical (unpaired) electrons. The standard InChI is InChI=1S/C12H14Cl2N4S/c1-18(2)8-15-12(19-3)17-16-7-9-10(13)5-4-6-11(9)14/h4-8H,1-3H3/b15-8+,16-7+,17-12-.